The molecule has 0 unspecified atom stereocenters. The van der Waals surface area contributed by atoms with Gasteiger partial charge < -0.3 is 9.15 Å². The van der Waals surface area contributed by atoms with Crippen molar-refractivity contribution in [3.05, 3.63) is 112 Å². The Kier molecular flexibility index (Phi) is 5.73. The molecule has 29 heavy (non-hydrogen) atoms. The third kappa shape index (κ3) is 4.73. The Bertz CT molecular complexity index is 1100. The molecule has 4 aromatic rings. The van der Waals surface area contributed by atoms with E-state index in [1.807, 2.05) is 42.5 Å². The minimum Gasteiger partial charge on any atom is -0.497 e. The molecule has 0 aliphatic rings. The predicted octanol–water partition coefficient (Wildman–Crippen LogP) is 5.00. The van der Waals surface area contributed by atoms with E-state index in [4.69, 9.17) is 9.15 Å². The van der Waals surface area contributed by atoms with Gasteiger partial charge in [0.1, 0.15) is 11.3 Å². The average Bonchev–Trinajstić information content (AvgIpc) is 2.75. The minimum atomic E-state index is -0.336. The fourth-order valence-electron chi connectivity index (χ4n) is 3.56. The fraction of sp³-hybridized carbons (Fsp3) is 0.160. The number of fused-ring (bicyclic) bond motifs is 1. The summed E-state index contributed by atoms with van der Waals surface area (Å²) in [5.74, 6) is 0.741. The number of hydrogen-bond acceptors (Lipinski definition) is 4. The molecule has 4 nitrogen and oxygen atoms in total. The van der Waals surface area contributed by atoms with Gasteiger partial charge in [-0.25, -0.2) is 4.79 Å². The lowest BCUT2D eigenvalue weighted by Crippen LogP contribution is -2.23. The maximum Gasteiger partial charge on any atom is 0.336 e. The molecule has 0 aliphatic carbocycles. The Morgan fingerprint density at radius 3 is 2.00 bits per heavy atom. The quantitative estimate of drug-likeness (QED) is 0.420. The first-order chi connectivity index (χ1) is 14.2. The first-order valence-corrected chi connectivity index (χ1v) is 9.62. The molecular formula is C25H23NO3. The van der Waals surface area contributed by atoms with Crippen molar-refractivity contribution < 1.29 is 9.15 Å². The lowest BCUT2D eigenvalue weighted by molar-refractivity contribution is 0.248. The molecule has 1 aromatic heterocycles. The summed E-state index contributed by atoms with van der Waals surface area (Å²) in [6.07, 6.45) is 0. The maximum absolute atomic E-state index is 12.1. The van der Waals surface area contributed by atoms with Crippen LogP contribution >= 0.6 is 0 Å². The van der Waals surface area contributed by atoms with E-state index in [0.717, 1.165) is 29.8 Å². The Morgan fingerprint density at radius 2 is 1.41 bits per heavy atom. The molecule has 0 aliphatic heterocycles. The smallest absolute Gasteiger partial charge is 0.336 e. The fourth-order valence-corrected chi connectivity index (χ4v) is 3.56. The van der Waals surface area contributed by atoms with E-state index in [1.54, 1.807) is 25.3 Å². The van der Waals surface area contributed by atoms with Gasteiger partial charge in [0.2, 0.25) is 0 Å². The van der Waals surface area contributed by atoms with Crippen LogP contribution in [-0.2, 0) is 19.6 Å². The lowest BCUT2D eigenvalue weighted by atomic mass is 10.1. The molecule has 0 saturated carbocycles. The van der Waals surface area contributed by atoms with Crippen LogP contribution in [0.2, 0.25) is 0 Å². The van der Waals surface area contributed by atoms with Gasteiger partial charge in [0.15, 0.2) is 0 Å². The second kappa shape index (κ2) is 8.76. The van der Waals surface area contributed by atoms with Crippen LogP contribution in [0, 0.1) is 0 Å². The summed E-state index contributed by atoms with van der Waals surface area (Å²) in [4.78, 5) is 14.5. The van der Waals surface area contributed by atoms with Gasteiger partial charge in [-0.1, -0.05) is 60.7 Å². The Labute approximate surface area is 170 Å². The van der Waals surface area contributed by atoms with E-state index >= 15 is 0 Å². The van der Waals surface area contributed by atoms with Crippen molar-refractivity contribution in [2.45, 2.75) is 19.6 Å². The summed E-state index contributed by atoms with van der Waals surface area (Å²) >= 11 is 0. The van der Waals surface area contributed by atoms with Crippen molar-refractivity contribution in [2.24, 2.45) is 0 Å². The zero-order valence-electron chi connectivity index (χ0n) is 16.4. The number of rotatable bonds is 7. The van der Waals surface area contributed by atoms with E-state index in [0.29, 0.717) is 12.1 Å². The first kappa shape index (κ1) is 19.0. The van der Waals surface area contributed by atoms with Crippen molar-refractivity contribution in [2.75, 3.05) is 7.11 Å². The maximum atomic E-state index is 12.1. The van der Waals surface area contributed by atoms with Crippen LogP contribution in [0.1, 0.15) is 16.7 Å². The largest absolute Gasteiger partial charge is 0.497 e. The second-order valence-corrected chi connectivity index (χ2v) is 7.07. The molecule has 1 heterocycles. The van der Waals surface area contributed by atoms with Gasteiger partial charge in [-0.2, -0.15) is 0 Å². The SMILES string of the molecule is COc1ccc2oc(=O)cc(CN(Cc3ccccc3)Cc3ccccc3)c2c1. The Hall–Kier alpha value is -3.37. The predicted molar refractivity (Wildman–Crippen MR) is 115 cm³/mol. The number of hydrogen-bond donors (Lipinski definition) is 0. The van der Waals surface area contributed by atoms with Crippen molar-refractivity contribution in [1.29, 1.82) is 0 Å². The van der Waals surface area contributed by atoms with Gasteiger partial charge in [0.25, 0.3) is 0 Å². The van der Waals surface area contributed by atoms with Gasteiger partial charge in [-0.05, 0) is 34.9 Å². The van der Waals surface area contributed by atoms with Crippen LogP contribution in [0.15, 0.2) is 94.1 Å². The van der Waals surface area contributed by atoms with Crippen LogP contribution in [0.3, 0.4) is 0 Å². The van der Waals surface area contributed by atoms with Crippen molar-refractivity contribution in [3.8, 4) is 5.75 Å². The van der Waals surface area contributed by atoms with Crippen LogP contribution in [0.25, 0.3) is 11.0 Å². The normalized spacial score (nSPS) is 11.1. The monoisotopic (exact) mass is 385 g/mol. The molecule has 0 spiro atoms. The first-order valence-electron chi connectivity index (χ1n) is 9.62. The molecule has 0 N–H and O–H groups in total. The molecule has 4 rings (SSSR count). The van der Waals surface area contributed by atoms with Crippen molar-refractivity contribution in [3.63, 3.8) is 0 Å². The molecule has 3 aromatic carbocycles. The number of nitrogens with zero attached hydrogens (tertiary/aromatic N) is 1. The summed E-state index contributed by atoms with van der Waals surface area (Å²) in [6.45, 7) is 2.18. The highest BCUT2D eigenvalue weighted by atomic mass is 16.5. The van der Waals surface area contributed by atoms with E-state index in [9.17, 15) is 4.79 Å². The number of methoxy groups -OCH3 is 1. The third-order valence-electron chi connectivity index (χ3n) is 4.93. The van der Waals surface area contributed by atoms with Gasteiger partial charge in [-0.3, -0.25) is 4.90 Å². The zero-order valence-corrected chi connectivity index (χ0v) is 16.4. The zero-order chi connectivity index (χ0) is 20.1. The highest BCUT2D eigenvalue weighted by molar-refractivity contribution is 5.81. The average molecular weight is 385 g/mol. The highest BCUT2D eigenvalue weighted by Crippen LogP contribution is 2.25. The second-order valence-electron chi connectivity index (χ2n) is 7.07. The highest BCUT2D eigenvalue weighted by Gasteiger charge is 2.13. The van der Waals surface area contributed by atoms with Gasteiger partial charge in [-0.15, -0.1) is 0 Å². The molecule has 0 fully saturated rings. The summed E-state index contributed by atoms with van der Waals surface area (Å²) in [5.41, 5.74) is 3.63. The molecular weight excluding hydrogens is 362 g/mol. The molecule has 0 atom stereocenters. The standard InChI is InChI=1S/C25H23NO3/c1-28-22-12-13-24-23(15-22)21(14-25(27)29-24)18-26(16-19-8-4-2-5-9-19)17-20-10-6-3-7-11-20/h2-15H,16-18H2,1H3. The molecule has 0 bridgehead atoms. The van der Waals surface area contributed by atoms with E-state index in [2.05, 4.69) is 29.2 Å². The Balaban J connectivity index is 1.70. The molecule has 146 valence electrons. The molecule has 0 saturated heterocycles. The van der Waals surface area contributed by atoms with Gasteiger partial charge in [0.05, 0.1) is 7.11 Å². The lowest BCUT2D eigenvalue weighted by Gasteiger charge is -2.23. The van der Waals surface area contributed by atoms with Crippen molar-refractivity contribution >= 4 is 11.0 Å². The van der Waals surface area contributed by atoms with Crippen LogP contribution < -0.4 is 10.4 Å². The molecule has 4 heteroatoms. The third-order valence-corrected chi connectivity index (χ3v) is 4.93. The van der Waals surface area contributed by atoms with E-state index in [-0.39, 0.29) is 5.63 Å². The van der Waals surface area contributed by atoms with E-state index < -0.39 is 0 Å². The van der Waals surface area contributed by atoms with Crippen LogP contribution in [0.4, 0.5) is 0 Å². The Morgan fingerprint density at radius 1 is 0.793 bits per heavy atom. The molecule has 0 radical (unpaired) electrons. The molecule has 0 amide bonds. The van der Waals surface area contributed by atoms with Crippen molar-refractivity contribution in [1.82, 2.24) is 4.90 Å². The summed E-state index contributed by atoms with van der Waals surface area (Å²) in [7, 11) is 1.64. The summed E-state index contributed by atoms with van der Waals surface area (Å²) in [5, 5.41) is 0.898. The van der Waals surface area contributed by atoms with E-state index in [1.165, 1.54) is 11.1 Å². The topological polar surface area (TPSA) is 42.7 Å². The van der Waals surface area contributed by atoms with Gasteiger partial charge >= 0.3 is 5.63 Å². The number of ether oxygens (including phenoxy) is 1. The van der Waals surface area contributed by atoms with Crippen LogP contribution in [-0.4, -0.2) is 12.0 Å². The summed E-state index contributed by atoms with van der Waals surface area (Å²) < 4.78 is 10.8. The van der Waals surface area contributed by atoms with Crippen LogP contribution in [0.5, 0.6) is 5.75 Å². The number of benzene rings is 3. The van der Waals surface area contributed by atoms with Gasteiger partial charge in [0, 0.05) is 31.1 Å². The summed E-state index contributed by atoms with van der Waals surface area (Å²) in [6, 6.07) is 27.8. The minimum absolute atomic E-state index is 0.336.